The summed E-state index contributed by atoms with van der Waals surface area (Å²) in [5.74, 6) is 0.566. The summed E-state index contributed by atoms with van der Waals surface area (Å²) in [5.41, 5.74) is 0.721. The number of hydrogen-bond acceptors (Lipinski definition) is 4. The molecule has 1 N–H and O–H groups in total. The molecule has 0 amide bonds. The topological polar surface area (TPSA) is 28.2 Å². The molecule has 0 fully saturated rings. The molecule has 3 nitrogen and oxygen atoms in total. The molecule has 122 valence electrons. The first kappa shape index (κ1) is 18.4. The molecule has 0 saturated heterocycles. The Labute approximate surface area is 128 Å². The molecular weight excluding hydrogens is 299 g/mol. The zero-order chi connectivity index (χ0) is 15.9. The smallest absolute Gasteiger partial charge is 0.310 e. The van der Waals surface area contributed by atoms with Crippen LogP contribution in [0.1, 0.15) is 37.9 Å². The standard InChI is InChI=1S/C14H24F3N3S/c1-4-5-20(10-14(15,16)17)8-12-9-21-13(19-12)7-18-6-11(2)3/h9,11,18H,4-8,10H2,1-3H3. The first-order chi connectivity index (χ1) is 9.80. The van der Waals surface area contributed by atoms with Gasteiger partial charge >= 0.3 is 6.18 Å². The number of rotatable bonds is 9. The second kappa shape index (κ2) is 8.70. The Kier molecular flexibility index (Phi) is 7.62. The average molecular weight is 323 g/mol. The van der Waals surface area contributed by atoms with E-state index in [4.69, 9.17) is 0 Å². The second-order valence-corrected chi connectivity index (χ2v) is 6.53. The fourth-order valence-corrected chi connectivity index (χ4v) is 2.74. The minimum atomic E-state index is -4.16. The van der Waals surface area contributed by atoms with E-state index in [0.29, 0.717) is 25.4 Å². The minimum absolute atomic E-state index is 0.258. The summed E-state index contributed by atoms with van der Waals surface area (Å²) in [6, 6.07) is 0. The van der Waals surface area contributed by atoms with Gasteiger partial charge in [0.05, 0.1) is 12.2 Å². The summed E-state index contributed by atoms with van der Waals surface area (Å²) in [4.78, 5) is 5.81. The van der Waals surface area contributed by atoms with E-state index in [0.717, 1.165) is 17.2 Å². The van der Waals surface area contributed by atoms with Crippen LogP contribution in [0.2, 0.25) is 0 Å². The van der Waals surface area contributed by atoms with E-state index in [1.165, 1.54) is 16.2 Å². The Bertz CT molecular complexity index is 404. The lowest BCUT2D eigenvalue weighted by Gasteiger charge is -2.21. The van der Waals surface area contributed by atoms with Crippen molar-refractivity contribution >= 4 is 11.3 Å². The lowest BCUT2D eigenvalue weighted by atomic mass is 10.2. The number of nitrogens with zero attached hydrogens (tertiary/aromatic N) is 2. The Balaban J connectivity index is 2.50. The number of thiazole rings is 1. The van der Waals surface area contributed by atoms with Crippen LogP contribution in [-0.4, -0.2) is 35.7 Å². The van der Waals surface area contributed by atoms with Gasteiger partial charge in [-0.2, -0.15) is 13.2 Å². The van der Waals surface area contributed by atoms with Crippen LogP contribution in [0.25, 0.3) is 0 Å². The predicted molar refractivity (Wildman–Crippen MR) is 80.3 cm³/mol. The predicted octanol–water partition coefficient (Wildman–Crippen LogP) is 3.66. The number of hydrogen-bond donors (Lipinski definition) is 1. The zero-order valence-electron chi connectivity index (χ0n) is 12.8. The van der Waals surface area contributed by atoms with E-state index in [9.17, 15) is 13.2 Å². The molecule has 0 aliphatic carbocycles. The highest BCUT2D eigenvalue weighted by molar-refractivity contribution is 7.09. The van der Waals surface area contributed by atoms with E-state index in [2.05, 4.69) is 24.1 Å². The number of aromatic nitrogens is 1. The third kappa shape index (κ3) is 8.38. The van der Waals surface area contributed by atoms with Crippen molar-refractivity contribution in [2.45, 2.75) is 46.5 Å². The van der Waals surface area contributed by atoms with Crippen LogP contribution >= 0.6 is 11.3 Å². The molecule has 0 aliphatic rings. The summed E-state index contributed by atoms with van der Waals surface area (Å²) in [5, 5.41) is 6.06. The highest BCUT2D eigenvalue weighted by atomic mass is 32.1. The fraction of sp³-hybridized carbons (Fsp3) is 0.786. The molecule has 0 unspecified atom stereocenters. The van der Waals surface area contributed by atoms with Gasteiger partial charge in [0.1, 0.15) is 5.01 Å². The van der Waals surface area contributed by atoms with Crippen LogP contribution in [-0.2, 0) is 13.1 Å². The van der Waals surface area contributed by atoms with Gasteiger partial charge < -0.3 is 5.32 Å². The Morgan fingerprint density at radius 1 is 1.38 bits per heavy atom. The number of nitrogens with one attached hydrogen (secondary N) is 1. The van der Waals surface area contributed by atoms with E-state index >= 15 is 0 Å². The molecule has 0 atom stereocenters. The third-order valence-electron chi connectivity index (χ3n) is 2.76. The molecule has 1 aromatic rings. The molecule has 0 saturated carbocycles. The second-order valence-electron chi connectivity index (χ2n) is 5.58. The first-order valence-electron chi connectivity index (χ1n) is 7.23. The maximum absolute atomic E-state index is 12.5. The third-order valence-corrected chi connectivity index (χ3v) is 3.65. The van der Waals surface area contributed by atoms with Gasteiger partial charge in [-0.25, -0.2) is 4.98 Å². The van der Waals surface area contributed by atoms with E-state index in [-0.39, 0.29) is 6.54 Å². The summed E-state index contributed by atoms with van der Waals surface area (Å²) < 4.78 is 37.5. The van der Waals surface area contributed by atoms with Crippen LogP contribution in [0.15, 0.2) is 5.38 Å². The number of alkyl halides is 3. The van der Waals surface area contributed by atoms with Gasteiger partial charge in [0.2, 0.25) is 0 Å². The van der Waals surface area contributed by atoms with Gasteiger partial charge in [-0.3, -0.25) is 4.90 Å². The van der Waals surface area contributed by atoms with Crippen LogP contribution in [0.4, 0.5) is 13.2 Å². The largest absolute Gasteiger partial charge is 0.401 e. The maximum Gasteiger partial charge on any atom is 0.401 e. The quantitative estimate of drug-likeness (QED) is 0.752. The molecular formula is C14H24F3N3S. The van der Waals surface area contributed by atoms with Gasteiger partial charge in [0.25, 0.3) is 0 Å². The summed E-state index contributed by atoms with van der Waals surface area (Å²) in [6.07, 6.45) is -3.46. The summed E-state index contributed by atoms with van der Waals surface area (Å²) >= 11 is 1.50. The molecule has 0 aliphatic heterocycles. The molecule has 0 bridgehead atoms. The molecule has 0 radical (unpaired) electrons. The van der Waals surface area contributed by atoms with Gasteiger partial charge in [-0.1, -0.05) is 20.8 Å². The van der Waals surface area contributed by atoms with Crippen LogP contribution < -0.4 is 5.32 Å². The molecule has 1 rings (SSSR count). The molecule has 0 spiro atoms. The summed E-state index contributed by atoms with van der Waals surface area (Å²) in [6.45, 7) is 7.53. The van der Waals surface area contributed by atoms with Gasteiger partial charge in [-0.05, 0) is 25.4 Å². The monoisotopic (exact) mass is 323 g/mol. The van der Waals surface area contributed by atoms with Crippen molar-refractivity contribution in [2.24, 2.45) is 5.92 Å². The molecule has 1 heterocycles. The average Bonchev–Trinajstić information content (AvgIpc) is 2.74. The maximum atomic E-state index is 12.5. The van der Waals surface area contributed by atoms with Crippen molar-refractivity contribution in [1.29, 1.82) is 0 Å². The van der Waals surface area contributed by atoms with Crippen molar-refractivity contribution in [1.82, 2.24) is 15.2 Å². The van der Waals surface area contributed by atoms with E-state index in [1.807, 2.05) is 12.3 Å². The first-order valence-corrected chi connectivity index (χ1v) is 8.11. The lowest BCUT2D eigenvalue weighted by molar-refractivity contribution is -0.147. The SMILES string of the molecule is CCCN(Cc1csc(CNCC(C)C)n1)CC(F)(F)F. The molecule has 21 heavy (non-hydrogen) atoms. The normalized spacial score (nSPS) is 12.6. The molecule has 0 aromatic carbocycles. The van der Waals surface area contributed by atoms with E-state index < -0.39 is 12.7 Å². The molecule has 1 aromatic heterocycles. The highest BCUT2D eigenvalue weighted by Gasteiger charge is 2.30. The van der Waals surface area contributed by atoms with Crippen LogP contribution in [0.5, 0.6) is 0 Å². The van der Waals surface area contributed by atoms with Crippen molar-refractivity contribution in [3.05, 3.63) is 16.1 Å². The Morgan fingerprint density at radius 2 is 2.10 bits per heavy atom. The number of halogens is 3. The Morgan fingerprint density at radius 3 is 2.67 bits per heavy atom. The van der Waals surface area contributed by atoms with Gasteiger partial charge in [0.15, 0.2) is 0 Å². The molecule has 7 heteroatoms. The van der Waals surface area contributed by atoms with Crippen molar-refractivity contribution < 1.29 is 13.2 Å². The van der Waals surface area contributed by atoms with Crippen molar-refractivity contribution in [2.75, 3.05) is 19.6 Å². The van der Waals surface area contributed by atoms with Gasteiger partial charge in [-0.15, -0.1) is 11.3 Å². The van der Waals surface area contributed by atoms with Crippen LogP contribution in [0.3, 0.4) is 0 Å². The van der Waals surface area contributed by atoms with Gasteiger partial charge in [0, 0.05) is 18.5 Å². The summed E-state index contributed by atoms with van der Waals surface area (Å²) in [7, 11) is 0. The minimum Gasteiger partial charge on any atom is -0.310 e. The lowest BCUT2D eigenvalue weighted by Crippen LogP contribution is -2.34. The van der Waals surface area contributed by atoms with Crippen LogP contribution in [0, 0.1) is 5.92 Å². The highest BCUT2D eigenvalue weighted by Crippen LogP contribution is 2.19. The fourth-order valence-electron chi connectivity index (χ4n) is 1.98. The zero-order valence-corrected chi connectivity index (χ0v) is 13.7. The van der Waals surface area contributed by atoms with E-state index in [1.54, 1.807) is 0 Å². The van der Waals surface area contributed by atoms with Crippen molar-refractivity contribution in [3.63, 3.8) is 0 Å². The van der Waals surface area contributed by atoms with Crippen molar-refractivity contribution in [3.8, 4) is 0 Å². The Hall–Kier alpha value is -0.660.